The lowest BCUT2D eigenvalue weighted by molar-refractivity contribution is -0.103. The first-order chi connectivity index (χ1) is 22.8. The second kappa shape index (κ2) is 18.1. The Morgan fingerprint density at radius 1 is 0.660 bits per heavy atom. The molecule has 2 aliphatic heterocycles. The highest BCUT2D eigenvalue weighted by molar-refractivity contribution is 6.21. The molecule has 5 heterocycles. The molecule has 2 aliphatic rings. The molecule has 3 aromatic heterocycles. The lowest BCUT2D eigenvalue weighted by Crippen LogP contribution is -2.29. The molecule has 4 amide bonds. The van der Waals surface area contributed by atoms with Gasteiger partial charge in [0.2, 0.25) is 11.6 Å². The quantitative estimate of drug-likeness (QED) is 0.0335. The molecule has 0 unspecified atom stereocenters. The molecular formula is C22H24ClN17O7. The van der Waals surface area contributed by atoms with Crippen molar-refractivity contribution in [3.8, 4) is 0 Å². The van der Waals surface area contributed by atoms with Crippen LogP contribution in [-0.4, -0.2) is 101 Å². The van der Waals surface area contributed by atoms with Gasteiger partial charge in [0.1, 0.15) is 13.2 Å². The largest absolute Gasteiger partial charge is 0.296 e. The summed E-state index contributed by atoms with van der Waals surface area (Å²) < 4.78 is 0. The number of benzene rings is 2. The number of nitrogens with zero attached hydrogens (tertiary/aromatic N) is 11. The number of hydroxylamine groups is 4. The van der Waals surface area contributed by atoms with Crippen molar-refractivity contribution in [3.05, 3.63) is 88.3 Å². The summed E-state index contributed by atoms with van der Waals surface area (Å²) >= 11 is 5.28. The Balaban J connectivity index is 0.000000179. The van der Waals surface area contributed by atoms with Gasteiger partial charge in [-0.05, 0) is 24.3 Å². The van der Waals surface area contributed by atoms with Crippen LogP contribution in [0.3, 0.4) is 0 Å². The zero-order valence-corrected chi connectivity index (χ0v) is 24.4. The van der Waals surface area contributed by atoms with E-state index in [1.165, 1.54) is 12.1 Å². The molecule has 5 aromatic rings. The number of imide groups is 2. The molecule has 24 nitrogen and oxygen atoms in total. The Hall–Kier alpha value is -6.02. The molecule has 0 atom stereocenters. The fourth-order valence-electron chi connectivity index (χ4n) is 3.38. The number of aromatic nitrogens is 12. The predicted molar refractivity (Wildman–Crippen MR) is 150 cm³/mol. The number of halogens is 1. The summed E-state index contributed by atoms with van der Waals surface area (Å²) in [6, 6.07) is 12.8. The average molecular weight is 674 g/mol. The minimum atomic E-state index is -0.657. The highest BCUT2D eigenvalue weighted by Gasteiger charge is 2.37. The summed E-state index contributed by atoms with van der Waals surface area (Å²) in [4.78, 5) is 55.2. The van der Waals surface area contributed by atoms with Gasteiger partial charge in [-0.2, -0.15) is 15.6 Å². The van der Waals surface area contributed by atoms with E-state index in [2.05, 4.69) is 78.4 Å². The van der Waals surface area contributed by atoms with Gasteiger partial charge in [0, 0.05) is 0 Å². The molecule has 0 fully saturated rings. The second-order valence-corrected chi connectivity index (χ2v) is 8.39. The van der Waals surface area contributed by atoms with E-state index in [1.807, 2.05) is 0 Å². The number of alkyl halides is 1. The van der Waals surface area contributed by atoms with Gasteiger partial charge >= 0.3 is 0 Å². The molecule has 246 valence electrons. The SMILES string of the molecule is ClCc1nn[nH]n1.NN.NOCc1nn[nH]n1.O=C1c2ccccc2C(=O)N1O.O=C1c2ccccc2C(=O)N1OCc1nn[nH]n1. The minimum absolute atomic E-state index is 0.109. The molecule has 0 saturated carbocycles. The lowest BCUT2D eigenvalue weighted by atomic mass is 10.1. The third-order valence-corrected chi connectivity index (χ3v) is 5.59. The van der Waals surface area contributed by atoms with Gasteiger partial charge in [0.25, 0.3) is 23.6 Å². The third-order valence-electron chi connectivity index (χ3n) is 5.35. The number of carbonyl (C=O) groups excluding carboxylic acids is 4. The molecule has 10 N–H and O–H groups in total. The second-order valence-electron chi connectivity index (χ2n) is 8.12. The number of hydrogen-bond donors (Lipinski definition) is 7. The van der Waals surface area contributed by atoms with Gasteiger partial charge in [-0.15, -0.1) is 52.3 Å². The van der Waals surface area contributed by atoms with Crippen molar-refractivity contribution < 1.29 is 34.1 Å². The number of nitrogens with two attached hydrogens (primary N) is 3. The summed E-state index contributed by atoms with van der Waals surface area (Å²) in [5, 5.41) is 47.9. The van der Waals surface area contributed by atoms with Gasteiger partial charge in [-0.25, -0.2) is 5.90 Å². The predicted octanol–water partition coefficient (Wildman–Crippen LogP) is -2.05. The van der Waals surface area contributed by atoms with E-state index >= 15 is 0 Å². The highest BCUT2D eigenvalue weighted by Crippen LogP contribution is 2.23. The van der Waals surface area contributed by atoms with Crippen molar-refractivity contribution in [1.82, 2.24) is 72.0 Å². The van der Waals surface area contributed by atoms with E-state index in [-0.39, 0.29) is 35.2 Å². The number of tetrazole rings is 3. The van der Waals surface area contributed by atoms with Crippen LogP contribution in [0.1, 0.15) is 58.9 Å². The van der Waals surface area contributed by atoms with Crippen molar-refractivity contribution in [1.29, 1.82) is 0 Å². The number of carbonyl (C=O) groups is 4. The van der Waals surface area contributed by atoms with Gasteiger partial charge in [0.15, 0.2) is 5.82 Å². The van der Waals surface area contributed by atoms with Crippen LogP contribution in [0.2, 0.25) is 0 Å². The third kappa shape index (κ3) is 9.25. The maximum atomic E-state index is 11.9. The van der Waals surface area contributed by atoms with Crippen LogP contribution in [0, 0.1) is 0 Å². The average Bonchev–Trinajstić information content (AvgIpc) is 3.97. The molecular weight excluding hydrogens is 650 g/mol. The smallest absolute Gasteiger partial charge is 0.285 e. The van der Waals surface area contributed by atoms with Gasteiger partial charge in [-0.3, -0.25) is 45.7 Å². The zero-order valence-electron chi connectivity index (χ0n) is 23.7. The van der Waals surface area contributed by atoms with E-state index in [4.69, 9.17) is 27.5 Å². The Morgan fingerprint density at radius 2 is 1.04 bits per heavy atom. The maximum absolute atomic E-state index is 11.9. The van der Waals surface area contributed by atoms with Crippen LogP contribution in [0.5, 0.6) is 0 Å². The number of rotatable bonds is 6. The van der Waals surface area contributed by atoms with Crippen LogP contribution in [0.25, 0.3) is 0 Å². The summed E-state index contributed by atoms with van der Waals surface area (Å²) in [5.74, 6) is 12.0. The summed E-state index contributed by atoms with van der Waals surface area (Å²) in [6.07, 6.45) is 0. The topological polar surface area (TPSA) is 355 Å². The number of nitrogens with one attached hydrogen (secondary N) is 3. The molecule has 0 bridgehead atoms. The first-order valence-corrected chi connectivity index (χ1v) is 13.0. The van der Waals surface area contributed by atoms with Crippen molar-refractivity contribution >= 4 is 35.2 Å². The van der Waals surface area contributed by atoms with Crippen LogP contribution in [-0.2, 0) is 28.8 Å². The normalized spacial score (nSPS) is 12.4. The molecule has 25 heteroatoms. The molecule has 0 radical (unpaired) electrons. The Morgan fingerprint density at radius 3 is 1.38 bits per heavy atom. The number of hydrogen-bond acceptors (Lipinski definition) is 19. The molecule has 7 rings (SSSR count). The Kier molecular flexibility index (Phi) is 13.6. The van der Waals surface area contributed by atoms with Crippen molar-refractivity contribution in [2.75, 3.05) is 0 Å². The van der Waals surface area contributed by atoms with Crippen molar-refractivity contribution in [2.45, 2.75) is 19.1 Å². The fourth-order valence-corrected chi connectivity index (χ4v) is 3.50. The van der Waals surface area contributed by atoms with Crippen LogP contribution < -0.4 is 17.6 Å². The molecule has 0 spiro atoms. The molecule has 47 heavy (non-hydrogen) atoms. The highest BCUT2D eigenvalue weighted by atomic mass is 35.5. The number of amides is 4. The van der Waals surface area contributed by atoms with Gasteiger partial charge < -0.3 is 0 Å². The summed E-state index contributed by atoms with van der Waals surface area (Å²) in [5.41, 5.74) is 1.17. The Bertz CT molecular complexity index is 1650. The van der Waals surface area contributed by atoms with Crippen molar-refractivity contribution in [2.24, 2.45) is 17.6 Å². The number of hydrazine groups is 1. The fraction of sp³-hybridized carbons (Fsp3) is 0.136. The summed E-state index contributed by atoms with van der Waals surface area (Å²) in [7, 11) is 0. The zero-order chi connectivity index (χ0) is 34.2. The van der Waals surface area contributed by atoms with E-state index in [9.17, 15) is 19.2 Å². The van der Waals surface area contributed by atoms with Crippen LogP contribution in [0.4, 0.5) is 0 Å². The van der Waals surface area contributed by atoms with Crippen molar-refractivity contribution in [3.63, 3.8) is 0 Å². The maximum Gasteiger partial charge on any atom is 0.285 e. The summed E-state index contributed by atoms with van der Waals surface area (Å²) in [6.45, 7) is 0.0818. The Labute approximate surface area is 266 Å². The van der Waals surface area contributed by atoms with E-state index in [1.54, 1.807) is 36.4 Å². The van der Waals surface area contributed by atoms with Gasteiger partial charge in [0.05, 0.1) is 28.1 Å². The number of H-pyrrole nitrogens is 3. The monoisotopic (exact) mass is 673 g/mol. The first-order valence-electron chi connectivity index (χ1n) is 12.5. The van der Waals surface area contributed by atoms with E-state index < -0.39 is 23.6 Å². The molecule has 2 aromatic carbocycles. The minimum Gasteiger partial charge on any atom is -0.296 e. The van der Waals surface area contributed by atoms with Gasteiger partial charge in [-0.1, -0.05) is 39.9 Å². The van der Waals surface area contributed by atoms with Crippen LogP contribution in [0.15, 0.2) is 48.5 Å². The molecule has 0 saturated heterocycles. The first kappa shape index (κ1) is 35.5. The standard InChI is InChI=1S/C10H7N5O3.C8H5NO3.C2H3ClN4.C2H5N5O.H4N2/c16-9-6-3-1-2-4-7(6)10(17)15(9)18-5-8-11-13-14-12-8;10-7-5-3-1-2-4-6(5)8(11)9(7)12;3-1-2-4-6-7-5-2;3-8-1-2-4-6-7-5-2;1-2/h1-4H,5H2,(H,11,12,13,14);1-4,12H;1H2,(H,4,5,6,7);1,3H2,(H,4,5,6,7);1-2H2. The van der Waals surface area contributed by atoms with E-state index in [0.29, 0.717) is 33.7 Å². The van der Waals surface area contributed by atoms with E-state index in [0.717, 1.165) is 0 Å². The number of aromatic amines is 3. The lowest BCUT2D eigenvalue weighted by Gasteiger charge is -2.11. The van der Waals surface area contributed by atoms with Crippen LogP contribution >= 0.6 is 11.6 Å². The number of fused-ring (bicyclic) bond motifs is 2. The molecule has 0 aliphatic carbocycles.